The molecule has 0 aliphatic carbocycles. The Balaban J connectivity index is 2.48. The average molecular weight is 143 g/mol. The Kier molecular flexibility index (Phi) is 2.16. The van der Waals surface area contributed by atoms with E-state index in [1.54, 1.807) is 11.3 Å². The second-order valence-corrected chi connectivity index (χ2v) is 3.17. The van der Waals surface area contributed by atoms with Crippen molar-refractivity contribution < 1.29 is 4.68 Å². The molecule has 0 fully saturated rings. The molecule has 9 heavy (non-hydrogen) atoms. The van der Waals surface area contributed by atoms with Gasteiger partial charge in [-0.2, -0.15) is 0 Å². The highest BCUT2D eigenvalue weighted by Gasteiger charge is 2.04. The van der Waals surface area contributed by atoms with Crippen molar-refractivity contribution in [2.24, 2.45) is 5.92 Å². The minimum Gasteiger partial charge on any atom is -0.0802 e. The van der Waals surface area contributed by atoms with E-state index in [2.05, 4.69) is 18.9 Å². The van der Waals surface area contributed by atoms with Crippen molar-refractivity contribution >= 4 is 11.3 Å². The van der Waals surface area contributed by atoms with Crippen LogP contribution in [0, 0.1) is 5.92 Å². The first-order chi connectivity index (χ1) is 4.29. The van der Waals surface area contributed by atoms with Gasteiger partial charge in [0.2, 0.25) is 0 Å². The highest BCUT2D eigenvalue weighted by molar-refractivity contribution is 7.06. The summed E-state index contributed by atoms with van der Waals surface area (Å²) in [5.41, 5.74) is 3.88. The number of hydrogen-bond donors (Lipinski definition) is 0. The van der Waals surface area contributed by atoms with E-state index in [0.29, 0.717) is 5.92 Å². The fraction of sp³-hybridized carbons (Fsp3) is 0.667. The molecule has 1 rings (SSSR count). The van der Waals surface area contributed by atoms with Crippen LogP contribution in [0.1, 0.15) is 13.8 Å². The van der Waals surface area contributed by atoms with Gasteiger partial charge in [-0.3, -0.25) is 0 Å². The van der Waals surface area contributed by atoms with Crippen LogP contribution in [-0.4, -0.2) is 5.10 Å². The number of aromatic nitrogens is 2. The molecule has 0 spiro atoms. The Hall–Kier alpha value is -0.440. The molecular formula is C6H11N2S+. The van der Waals surface area contributed by atoms with Gasteiger partial charge in [0.1, 0.15) is 0 Å². The van der Waals surface area contributed by atoms with Crippen molar-refractivity contribution in [1.82, 2.24) is 5.10 Å². The largest absolute Gasteiger partial charge is 0.252 e. The second kappa shape index (κ2) is 2.92. The van der Waals surface area contributed by atoms with Crippen molar-refractivity contribution in [3.05, 3.63) is 11.0 Å². The van der Waals surface area contributed by atoms with Gasteiger partial charge in [-0.15, -0.1) is 0 Å². The van der Waals surface area contributed by atoms with Gasteiger partial charge in [-0.05, 0) is 0 Å². The Labute approximate surface area is 59.1 Å². The highest BCUT2D eigenvalue weighted by Crippen LogP contribution is 1.91. The molecule has 0 radical (unpaired) electrons. The zero-order valence-corrected chi connectivity index (χ0v) is 6.56. The summed E-state index contributed by atoms with van der Waals surface area (Å²) in [6.07, 6.45) is 0. The Morgan fingerprint density at radius 3 is 2.89 bits per heavy atom. The molecule has 0 N–H and O–H groups in total. The van der Waals surface area contributed by atoms with E-state index in [4.69, 9.17) is 0 Å². The molecule has 0 aromatic carbocycles. The topological polar surface area (TPSA) is 16.8 Å². The summed E-state index contributed by atoms with van der Waals surface area (Å²) in [6.45, 7) is 5.40. The molecule has 0 saturated heterocycles. The highest BCUT2D eigenvalue weighted by atomic mass is 32.1. The van der Waals surface area contributed by atoms with Gasteiger partial charge in [-0.1, -0.05) is 29.9 Å². The van der Waals surface area contributed by atoms with Crippen LogP contribution in [0.3, 0.4) is 0 Å². The molecule has 1 heterocycles. The van der Waals surface area contributed by atoms with E-state index in [1.807, 2.05) is 15.7 Å². The summed E-state index contributed by atoms with van der Waals surface area (Å²) < 4.78 is 1.97. The van der Waals surface area contributed by atoms with Gasteiger partial charge in [0.25, 0.3) is 5.51 Å². The Morgan fingerprint density at radius 2 is 2.44 bits per heavy atom. The van der Waals surface area contributed by atoms with Crippen molar-refractivity contribution in [1.29, 1.82) is 0 Å². The van der Waals surface area contributed by atoms with E-state index in [1.165, 1.54) is 0 Å². The molecule has 2 nitrogen and oxygen atoms in total. The van der Waals surface area contributed by atoms with Crippen LogP contribution in [-0.2, 0) is 6.54 Å². The van der Waals surface area contributed by atoms with E-state index in [0.717, 1.165) is 6.54 Å². The fourth-order valence-corrected chi connectivity index (χ4v) is 1.19. The van der Waals surface area contributed by atoms with Crippen LogP contribution in [0.4, 0.5) is 0 Å². The number of nitrogens with zero attached hydrogens (tertiary/aromatic N) is 2. The van der Waals surface area contributed by atoms with Gasteiger partial charge >= 0.3 is 0 Å². The summed E-state index contributed by atoms with van der Waals surface area (Å²) in [7, 11) is 0. The monoisotopic (exact) mass is 143 g/mol. The van der Waals surface area contributed by atoms with Crippen LogP contribution in [0.25, 0.3) is 0 Å². The van der Waals surface area contributed by atoms with Crippen LogP contribution < -0.4 is 4.68 Å². The molecule has 0 atom stereocenters. The average Bonchev–Trinajstić information content (AvgIpc) is 2.15. The number of hydrogen-bond acceptors (Lipinski definition) is 2. The third-order valence-electron chi connectivity index (χ3n) is 0.991. The van der Waals surface area contributed by atoms with E-state index in [-0.39, 0.29) is 0 Å². The first kappa shape index (κ1) is 6.68. The molecule has 0 amide bonds. The first-order valence-electron chi connectivity index (χ1n) is 3.07. The van der Waals surface area contributed by atoms with Gasteiger partial charge in [-0.25, -0.2) is 0 Å². The lowest BCUT2D eigenvalue weighted by molar-refractivity contribution is -0.753. The maximum Gasteiger partial charge on any atom is 0.252 e. The fourth-order valence-electron chi connectivity index (χ4n) is 0.677. The van der Waals surface area contributed by atoms with Crippen LogP contribution in [0.5, 0.6) is 0 Å². The third kappa shape index (κ3) is 2.10. The minimum absolute atomic E-state index is 0.692. The van der Waals surface area contributed by atoms with Gasteiger partial charge in [0.05, 0.1) is 0 Å². The van der Waals surface area contributed by atoms with Crippen LogP contribution in [0.15, 0.2) is 11.0 Å². The lowest BCUT2D eigenvalue weighted by Gasteiger charge is -1.91. The summed E-state index contributed by atoms with van der Waals surface area (Å²) in [6, 6.07) is 0. The molecular weight excluding hydrogens is 132 g/mol. The molecule has 0 unspecified atom stereocenters. The maximum atomic E-state index is 4.09. The number of rotatable bonds is 2. The summed E-state index contributed by atoms with van der Waals surface area (Å²) >= 11 is 1.63. The zero-order chi connectivity index (χ0) is 6.69. The molecule has 50 valence electrons. The van der Waals surface area contributed by atoms with Gasteiger partial charge < -0.3 is 0 Å². The summed E-state index contributed by atoms with van der Waals surface area (Å²) in [5.74, 6) is 0.692. The quantitative estimate of drug-likeness (QED) is 0.566. The predicted octanol–water partition coefficient (Wildman–Crippen LogP) is 1.09. The van der Waals surface area contributed by atoms with E-state index < -0.39 is 0 Å². The molecule has 1 aromatic heterocycles. The lowest BCUT2D eigenvalue weighted by atomic mass is 10.2. The normalized spacial score (nSPS) is 10.6. The molecule has 0 saturated carbocycles. The predicted molar refractivity (Wildman–Crippen MR) is 37.1 cm³/mol. The van der Waals surface area contributed by atoms with Crippen molar-refractivity contribution in [2.75, 3.05) is 0 Å². The van der Waals surface area contributed by atoms with Crippen molar-refractivity contribution in [3.63, 3.8) is 0 Å². The van der Waals surface area contributed by atoms with Gasteiger partial charge in [0, 0.05) is 11.0 Å². The molecule has 3 heteroatoms. The zero-order valence-electron chi connectivity index (χ0n) is 5.74. The van der Waals surface area contributed by atoms with E-state index >= 15 is 0 Å². The lowest BCUT2D eigenvalue weighted by Crippen LogP contribution is -2.36. The molecule has 1 aromatic rings. The molecule has 0 aliphatic heterocycles. The Bertz CT molecular complexity index is 158. The SMILES string of the molecule is CC(C)C[n+]1cscn1. The molecule has 0 aliphatic rings. The smallest absolute Gasteiger partial charge is 0.0802 e. The van der Waals surface area contributed by atoms with E-state index in [9.17, 15) is 0 Å². The first-order valence-corrected chi connectivity index (χ1v) is 4.01. The third-order valence-corrected chi connectivity index (χ3v) is 1.57. The molecule has 0 bridgehead atoms. The van der Waals surface area contributed by atoms with Crippen molar-refractivity contribution in [3.8, 4) is 0 Å². The van der Waals surface area contributed by atoms with Crippen LogP contribution >= 0.6 is 11.3 Å². The standard InChI is InChI=1S/C6H11N2S/c1-6(2)3-8-5-9-4-7-8/h4-6H,3H2,1-2H3/q+1. The van der Waals surface area contributed by atoms with Crippen LogP contribution in [0.2, 0.25) is 0 Å². The second-order valence-electron chi connectivity index (χ2n) is 2.48. The maximum absolute atomic E-state index is 4.09. The Morgan fingerprint density at radius 1 is 1.67 bits per heavy atom. The van der Waals surface area contributed by atoms with Gasteiger partial charge in [0.15, 0.2) is 12.1 Å². The summed E-state index contributed by atoms with van der Waals surface area (Å²) in [4.78, 5) is 0. The van der Waals surface area contributed by atoms with Crippen molar-refractivity contribution in [2.45, 2.75) is 20.4 Å². The summed E-state index contributed by atoms with van der Waals surface area (Å²) in [5, 5.41) is 4.09. The minimum atomic E-state index is 0.692.